The number of ketones is 3. The van der Waals surface area contributed by atoms with Gasteiger partial charge in [-0.1, -0.05) is 115 Å². The Labute approximate surface area is 356 Å². The molecule has 4 rings (SSSR count). The molecule has 2 unspecified atom stereocenters. The number of nitrogens with zero attached hydrogens (tertiary/aromatic N) is 2. The van der Waals surface area contributed by atoms with Crippen LogP contribution in [0.1, 0.15) is 129 Å². The zero-order chi connectivity index (χ0) is 42.8. The van der Waals surface area contributed by atoms with Crippen molar-refractivity contribution in [3.63, 3.8) is 0 Å². The summed E-state index contributed by atoms with van der Waals surface area (Å²) in [6.07, 6.45) is 9.92. The SMILES string of the molecule is CC(C)CC(NC(=O)[C@H](CCc1ccccc1)CC(=O)CCCCCCCN1CCN(C)CC1)C(=O)C[C@@H](Cc1ccccc1)C(=O)NC(CC(C)C)C(=O)C1(C)CC1. The van der Waals surface area contributed by atoms with Crippen LogP contribution in [0.2, 0.25) is 0 Å². The van der Waals surface area contributed by atoms with Crippen LogP contribution in [0.5, 0.6) is 0 Å². The van der Waals surface area contributed by atoms with E-state index in [1.54, 1.807) is 0 Å². The first-order valence-electron chi connectivity index (χ1n) is 22.9. The maximum Gasteiger partial charge on any atom is 0.224 e. The Kier molecular flexibility index (Phi) is 20.0. The molecular formula is C50H76N4O5. The molecular weight excluding hydrogens is 737 g/mol. The molecule has 1 aliphatic heterocycles. The second-order valence-corrected chi connectivity index (χ2v) is 19.0. The maximum atomic E-state index is 14.3. The molecule has 0 bridgehead atoms. The van der Waals surface area contributed by atoms with Crippen molar-refractivity contribution in [2.45, 2.75) is 143 Å². The van der Waals surface area contributed by atoms with Crippen LogP contribution in [0.25, 0.3) is 0 Å². The van der Waals surface area contributed by atoms with Gasteiger partial charge in [-0.25, -0.2) is 0 Å². The number of piperazine rings is 1. The first kappa shape index (κ1) is 48.0. The Morgan fingerprint density at radius 2 is 1.20 bits per heavy atom. The van der Waals surface area contributed by atoms with Gasteiger partial charge in [-0.2, -0.15) is 0 Å². The summed E-state index contributed by atoms with van der Waals surface area (Å²) >= 11 is 0. The van der Waals surface area contributed by atoms with E-state index in [2.05, 4.69) is 27.5 Å². The number of amides is 2. The monoisotopic (exact) mass is 813 g/mol. The zero-order valence-electron chi connectivity index (χ0n) is 37.3. The number of aryl methyl sites for hydroxylation is 1. The average Bonchev–Trinajstić information content (AvgIpc) is 3.97. The van der Waals surface area contributed by atoms with E-state index in [1.807, 2.05) is 95.3 Å². The molecule has 1 saturated heterocycles. The molecule has 0 aromatic heterocycles. The second kappa shape index (κ2) is 24.5. The van der Waals surface area contributed by atoms with E-state index >= 15 is 0 Å². The molecule has 4 atom stereocenters. The van der Waals surface area contributed by atoms with Crippen molar-refractivity contribution in [2.24, 2.45) is 29.1 Å². The molecule has 326 valence electrons. The summed E-state index contributed by atoms with van der Waals surface area (Å²) in [7, 11) is 2.18. The van der Waals surface area contributed by atoms with Crippen molar-refractivity contribution in [1.29, 1.82) is 0 Å². The highest BCUT2D eigenvalue weighted by atomic mass is 16.2. The van der Waals surface area contributed by atoms with Gasteiger partial charge >= 0.3 is 0 Å². The molecule has 2 N–H and O–H groups in total. The molecule has 9 nitrogen and oxygen atoms in total. The molecule has 59 heavy (non-hydrogen) atoms. The quantitative estimate of drug-likeness (QED) is 0.0837. The van der Waals surface area contributed by atoms with Gasteiger partial charge in [0, 0.05) is 62.7 Å². The van der Waals surface area contributed by atoms with Crippen molar-refractivity contribution >= 4 is 29.2 Å². The fraction of sp³-hybridized carbons (Fsp3) is 0.660. The summed E-state index contributed by atoms with van der Waals surface area (Å²) in [6.45, 7) is 15.8. The third-order valence-corrected chi connectivity index (χ3v) is 12.5. The third kappa shape index (κ3) is 17.4. The molecule has 2 amide bonds. The van der Waals surface area contributed by atoms with Crippen LogP contribution < -0.4 is 10.6 Å². The topological polar surface area (TPSA) is 116 Å². The number of unbranched alkanes of at least 4 members (excludes halogenated alkanes) is 4. The predicted octanol–water partition coefficient (Wildman–Crippen LogP) is 8.03. The van der Waals surface area contributed by atoms with E-state index in [0.29, 0.717) is 38.5 Å². The lowest BCUT2D eigenvalue weighted by atomic mass is 9.87. The minimum atomic E-state index is -0.799. The van der Waals surface area contributed by atoms with Gasteiger partial charge in [-0.3, -0.25) is 24.0 Å². The van der Waals surface area contributed by atoms with Gasteiger partial charge in [0.2, 0.25) is 11.8 Å². The van der Waals surface area contributed by atoms with Crippen LogP contribution in [0.4, 0.5) is 0 Å². The van der Waals surface area contributed by atoms with Crippen LogP contribution in [-0.4, -0.2) is 90.8 Å². The molecule has 2 aliphatic rings. The second-order valence-electron chi connectivity index (χ2n) is 19.0. The van der Waals surface area contributed by atoms with E-state index in [9.17, 15) is 24.0 Å². The molecule has 2 aromatic rings. The summed E-state index contributed by atoms with van der Waals surface area (Å²) in [5.74, 6) is -1.60. The normalized spacial score (nSPS) is 17.6. The van der Waals surface area contributed by atoms with Crippen LogP contribution in [0, 0.1) is 29.1 Å². The van der Waals surface area contributed by atoms with E-state index in [4.69, 9.17) is 0 Å². The smallest absolute Gasteiger partial charge is 0.224 e. The van der Waals surface area contributed by atoms with Crippen molar-refractivity contribution in [2.75, 3.05) is 39.8 Å². The van der Waals surface area contributed by atoms with Gasteiger partial charge < -0.3 is 20.4 Å². The van der Waals surface area contributed by atoms with E-state index in [-0.39, 0.29) is 53.8 Å². The maximum absolute atomic E-state index is 14.3. The van der Waals surface area contributed by atoms with E-state index < -0.39 is 29.3 Å². The number of benzene rings is 2. The van der Waals surface area contributed by atoms with Gasteiger partial charge in [0.1, 0.15) is 5.78 Å². The highest BCUT2D eigenvalue weighted by molar-refractivity contribution is 5.97. The number of hydrogen-bond donors (Lipinski definition) is 2. The minimum absolute atomic E-state index is 0.0682. The molecule has 1 aliphatic carbocycles. The standard InChI is InChI=1S/C50H76N4O5/c1-37(2)32-44(46(56)36-42(34-40-20-14-11-15-21-40)49(59)52-45(33-38(3)4)47(57)50(5)25-26-50)51-48(58)41(24-23-39-18-12-10-13-19-39)35-43(55)22-16-8-7-9-17-27-54-30-28-53(6)29-31-54/h10-15,18-21,37-38,41-42,44-45H,7-9,16-17,22-36H2,1-6H3,(H,51,58)(H,52,59)/t41-,42-,44?,45?/m1/s1. The number of likely N-dealkylation sites (N-methyl/N-ethyl adjacent to an activating group) is 1. The lowest BCUT2D eigenvalue weighted by Crippen LogP contribution is -2.49. The lowest BCUT2D eigenvalue weighted by Gasteiger charge is -2.32. The number of Topliss-reactive ketones (excluding diaryl/α,β-unsaturated/α-hetero) is 3. The first-order valence-corrected chi connectivity index (χ1v) is 22.9. The van der Waals surface area contributed by atoms with E-state index in [1.165, 1.54) is 6.42 Å². The van der Waals surface area contributed by atoms with Crippen molar-refractivity contribution in [3.8, 4) is 0 Å². The molecule has 2 aromatic carbocycles. The minimum Gasteiger partial charge on any atom is -0.346 e. The van der Waals surface area contributed by atoms with Crippen LogP contribution >= 0.6 is 0 Å². The third-order valence-electron chi connectivity index (χ3n) is 12.5. The van der Waals surface area contributed by atoms with Crippen molar-refractivity contribution in [3.05, 3.63) is 71.8 Å². The molecule has 2 fully saturated rings. The van der Waals surface area contributed by atoms with Crippen molar-refractivity contribution in [1.82, 2.24) is 20.4 Å². The van der Waals surface area contributed by atoms with Gasteiger partial charge in [-0.15, -0.1) is 0 Å². The summed E-state index contributed by atoms with van der Waals surface area (Å²) in [6, 6.07) is 18.2. The largest absolute Gasteiger partial charge is 0.346 e. The Morgan fingerprint density at radius 3 is 1.81 bits per heavy atom. The Hall–Kier alpha value is -3.69. The molecule has 9 heteroatoms. The number of rotatable bonds is 28. The molecule has 0 spiro atoms. The summed E-state index contributed by atoms with van der Waals surface area (Å²) in [5.41, 5.74) is 1.63. The number of hydrogen-bond acceptors (Lipinski definition) is 7. The fourth-order valence-electron chi connectivity index (χ4n) is 8.37. The Morgan fingerprint density at radius 1 is 0.661 bits per heavy atom. The van der Waals surface area contributed by atoms with Crippen LogP contribution in [0.15, 0.2) is 60.7 Å². The van der Waals surface area contributed by atoms with Crippen LogP contribution in [0.3, 0.4) is 0 Å². The zero-order valence-corrected chi connectivity index (χ0v) is 37.3. The summed E-state index contributed by atoms with van der Waals surface area (Å²) in [5, 5.41) is 6.19. The lowest BCUT2D eigenvalue weighted by molar-refractivity contribution is -0.135. The van der Waals surface area contributed by atoms with Gasteiger partial charge in [0.25, 0.3) is 0 Å². The summed E-state index contributed by atoms with van der Waals surface area (Å²) in [4.78, 5) is 74.6. The van der Waals surface area contributed by atoms with Gasteiger partial charge in [0.05, 0.1) is 12.1 Å². The Bertz CT molecular complexity index is 1600. The number of carbonyl (C=O) groups is 5. The predicted molar refractivity (Wildman–Crippen MR) is 238 cm³/mol. The fourth-order valence-corrected chi connectivity index (χ4v) is 8.37. The van der Waals surface area contributed by atoms with E-state index in [0.717, 1.165) is 82.4 Å². The average molecular weight is 813 g/mol. The van der Waals surface area contributed by atoms with Gasteiger partial charge in [0.15, 0.2) is 11.6 Å². The number of carbonyl (C=O) groups excluding carboxylic acids is 5. The van der Waals surface area contributed by atoms with Crippen molar-refractivity contribution < 1.29 is 24.0 Å². The molecule has 1 saturated carbocycles. The first-order chi connectivity index (χ1) is 28.2. The Balaban J connectivity index is 1.40. The highest BCUT2D eigenvalue weighted by Gasteiger charge is 2.48. The summed E-state index contributed by atoms with van der Waals surface area (Å²) < 4.78 is 0. The molecule has 0 radical (unpaired) electrons. The highest BCUT2D eigenvalue weighted by Crippen LogP contribution is 2.47. The van der Waals surface area contributed by atoms with Gasteiger partial charge in [-0.05, 0) is 94.3 Å². The molecule has 1 heterocycles. The van der Waals surface area contributed by atoms with Crippen LogP contribution in [-0.2, 0) is 36.8 Å². The number of nitrogens with one attached hydrogen (secondary N) is 2.